The van der Waals surface area contributed by atoms with Crippen LogP contribution in [0.2, 0.25) is 0 Å². The van der Waals surface area contributed by atoms with Gasteiger partial charge in [0.2, 0.25) is 0 Å². The number of hydrogen-bond acceptors (Lipinski definition) is 4. The van der Waals surface area contributed by atoms with Gasteiger partial charge in [-0.3, -0.25) is 0 Å². The molecule has 0 bridgehead atoms. The lowest BCUT2D eigenvalue weighted by atomic mass is 10.0. The van der Waals surface area contributed by atoms with Gasteiger partial charge in [-0.05, 0) is 58.0 Å². The number of nitrogens with one attached hydrogen (secondary N) is 1. The van der Waals surface area contributed by atoms with Gasteiger partial charge >= 0.3 is 0 Å². The Morgan fingerprint density at radius 3 is 2.73 bits per heavy atom. The van der Waals surface area contributed by atoms with Gasteiger partial charge in [0, 0.05) is 18.2 Å². The van der Waals surface area contributed by atoms with Crippen LogP contribution in [-0.4, -0.2) is 54.4 Å². The van der Waals surface area contributed by atoms with Crippen molar-refractivity contribution in [1.82, 2.24) is 10.2 Å². The first-order valence-corrected chi connectivity index (χ1v) is 8.17. The Balaban J connectivity index is 1.52. The van der Waals surface area contributed by atoms with Crippen molar-refractivity contribution in [3.05, 3.63) is 30.1 Å². The maximum absolute atomic E-state index is 13.2. The number of aliphatic hydroxyl groups is 1. The van der Waals surface area contributed by atoms with Crippen molar-refractivity contribution in [2.45, 2.75) is 50.0 Å². The molecule has 4 nitrogen and oxygen atoms in total. The molecule has 122 valence electrons. The van der Waals surface area contributed by atoms with E-state index in [1.165, 1.54) is 12.1 Å². The molecule has 1 saturated carbocycles. The molecule has 1 saturated heterocycles. The number of nitrogens with zero attached hydrogens (tertiary/aromatic N) is 1. The maximum Gasteiger partial charge on any atom is 0.126 e. The third-order valence-electron chi connectivity index (χ3n) is 4.81. The summed E-state index contributed by atoms with van der Waals surface area (Å²) in [7, 11) is 2.14. The first-order valence-electron chi connectivity index (χ1n) is 8.17. The van der Waals surface area contributed by atoms with Gasteiger partial charge in [0.05, 0.1) is 0 Å². The average Bonchev–Trinajstić information content (AvgIpc) is 2.83. The van der Waals surface area contributed by atoms with Crippen molar-refractivity contribution >= 4 is 0 Å². The second-order valence-corrected chi connectivity index (χ2v) is 6.53. The Bertz CT molecular complexity index is 491. The Labute approximate surface area is 131 Å². The van der Waals surface area contributed by atoms with Gasteiger partial charge < -0.3 is 20.1 Å². The Morgan fingerprint density at radius 1 is 1.23 bits per heavy atom. The largest absolute Gasteiger partial charge is 0.488 e. The van der Waals surface area contributed by atoms with E-state index in [0.717, 1.165) is 38.8 Å². The average molecular weight is 308 g/mol. The number of hydrogen-bond donors (Lipinski definition) is 2. The minimum Gasteiger partial charge on any atom is -0.488 e. The van der Waals surface area contributed by atoms with Gasteiger partial charge in [0.25, 0.3) is 0 Å². The molecule has 22 heavy (non-hydrogen) atoms. The van der Waals surface area contributed by atoms with E-state index >= 15 is 0 Å². The summed E-state index contributed by atoms with van der Waals surface area (Å²) in [4.78, 5) is 2.33. The zero-order valence-electron chi connectivity index (χ0n) is 13.0. The highest BCUT2D eigenvalue weighted by molar-refractivity contribution is 5.23. The van der Waals surface area contributed by atoms with E-state index in [0.29, 0.717) is 11.8 Å². The lowest BCUT2D eigenvalue weighted by Gasteiger charge is -2.32. The van der Waals surface area contributed by atoms with Crippen LogP contribution < -0.4 is 10.1 Å². The van der Waals surface area contributed by atoms with E-state index in [9.17, 15) is 9.50 Å². The van der Waals surface area contributed by atoms with Crippen LogP contribution in [0.25, 0.3) is 0 Å². The molecule has 1 aliphatic carbocycles. The second kappa shape index (κ2) is 6.94. The Hall–Kier alpha value is -1.17. The summed E-state index contributed by atoms with van der Waals surface area (Å²) in [5.41, 5.74) is 0. The minimum absolute atomic E-state index is 0.0759. The Kier molecular flexibility index (Phi) is 4.96. The van der Waals surface area contributed by atoms with E-state index in [1.54, 1.807) is 12.1 Å². The Morgan fingerprint density at radius 2 is 2.00 bits per heavy atom. The number of benzene rings is 1. The number of aliphatic hydroxyl groups excluding tert-OH is 1. The molecule has 1 aliphatic heterocycles. The minimum atomic E-state index is -0.539. The molecule has 1 aromatic rings. The fourth-order valence-electron chi connectivity index (χ4n) is 3.45. The van der Waals surface area contributed by atoms with Gasteiger partial charge in [-0.2, -0.15) is 0 Å². The SMILES string of the molecule is CN1CCC(N[C@@H]2CC[C@@H](Oc3cccc(F)c3)[C@H]2O)CC1. The summed E-state index contributed by atoms with van der Waals surface area (Å²) in [6.45, 7) is 2.20. The van der Waals surface area contributed by atoms with Gasteiger partial charge in [-0.15, -0.1) is 0 Å². The van der Waals surface area contributed by atoms with Crippen molar-refractivity contribution in [1.29, 1.82) is 0 Å². The number of halogens is 1. The summed E-state index contributed by atoms with van der Waals surface area (Å²) < 4.78 is 19.0. The van der Waals surface area contributed by atoms with E-state index in [2.05, 4.69) is 17.3 Å². The predicted molar refractivity (Wildman–Crippen MR) is 83.5 cm³/mol. The maximum atomic E-state index is 13.2. The molecule has 0 aromatic heterocycles. The molecule has 2 aliphatic rings. The van der Waals surface area contributed by atoms with Crippen LogP contribution in [0.5, 0.6) is 5.75 Å². The zero-order chi connectivity index (χ0) is 15.5. The zero-order valence-corrected chi connectivity index (χ0v) is 13.0. The molecule has 1 heterocycles. The van der Waals surface area contributed by atoms with Crippen molar-refractivity contribution in [2.75, 3.05) is 20.1 Å². The first-order chi connectivity index (χ1) is 10.6. The summed E-state index contributed by atoms with van der Waals surface area (Å²) >= 11 is 0. The van der Waals surface area contributed by atoms with Gasteiger partial charge in [-0.1, -0.05) is 6.07 Å². The summed E-state index contributed by atoms with van der Waals surface area (Å²) in [5, 5.41) is 14.1. The number of ether oxygens (including phenoxy) is 1. The van der Waals surface area contributed by atoms with E-state index in [4.69, 9.17) is 4.74 Å². The number of rotatable bonds is 4. The van der Waals surface area contributed by atoms with Crippen LogP contribution >= 0.6 is 0 Å². The van der Waals surface area contributed by atoms with Gasteiger partial charge in [0.15, 0.2) is 0 Å². The molecular weight excluding hydrogens is 283 g/mol. The van der Waals surface area contributed by atoms with Crippen LogP contribution in [0.1, 0.15) is 25.7 Å². The van der Waals surface area contributed by atoms with Crippen LogP contribution in [0.4, 0.5) is 4.39 Å². The molecule has 2 fully saturated rings. The molecule has 0 unspecified atom stereocenters. The molecule has 1 aromatic carbocycles. The van der Waals surface area contributed by atoms with Crippen molar-refractivity contribution < 1.29 is 14.2 Å². The summed E-state index contributed by atoms with van der Waals surface area (Å²) in [6, 6.07) is 6.66. The number of piperidine rings is 1. The second-order valence-electron chi connectivity index (χ2n) is 6.53. The highest BCUT2D eigenvalue weighted by atomic mass is 19.1. The van der Waals surface area contributed by atoms with Gasteiger partial charge in [0.1, 0.15) is 23.8 Å². The van der Waals surface area contributed by atoms with Crippen molar-refractivity contribution in [2.24, 2.45) is 0 Å². The van der Waals surface area contributed by atoms with E-state index < -0.39 is 6.10 Å². The summed E-state index contributed by atoms with van der Waals surface area (Å²) in [5.74, 6) is 0.176. The molecule has 3 atom stereocenters. The molecule has 2 N–H and O–H groups in total. The van der Waals surface area contributed by atoms with Crippen LogP contribution in [-0.2, 0) is 0 Å². The molecule has 3 rings (SSSR count). The topological polar surface area (TPSA) is 44.7 Å². The van der Waals surface area contributed by atoms with E-state index in [-0.39, 0.29) is 18.0 Å². The number of likely N-dealkylation sites (tertiary alicyclic amines) is 1. The molecule has 5 heteroatoms. The predicted octanol–water partition coefficient (Wildman–Crippen LogP) is 1.78. The molecule has 0 spiro atoms. The quantitative estimate of drug-likeness (QED) is 0.890. The highest BCUT2D eigenvalue weighted by Gasteiger charge is 2.37. The lowest BCUT2D eigenvalue weighted by molar-refractivity contribution is 0.0406. The first kappa shape index (κ1) is 15.7. The van der Waals surface area contributed by atoms with Crippen LogP contribution in [0.15, 0.2) is 24.3 Å². The van der Waals surface area contributed by atoms with Crippen LogP contribution in [0, 0.1) is 5.82 Å². The fourth-order valence-corrected chi connectivity index (χ4v) is 3.45. The molecule has 0 amide bonds. The molecular formula is C17H25FN2O2. The monoisotopic (exact) mass is 308 g/mol. The third kappa shape index (κ3) is 3.77. The standard InChI is InChI=1S/C17H25FN2O2/c1-20-9-7-13(8-10-20)19-15-5-6-16(17(15)21)22-14-4-2-3-12(18)11-14/h2-4,11,13,15-17,19,21H,5-10H2,1H3/t15-,16-,17+/m1/s1. The van der Waals surface area contributed by atoms with Gasteiger partial charge in [-0.25, -0.2) is 4.39 Å². The fraction of sp³-hybridized carbons (Fsp3) is 0.647. The smallest absolute Gasteiger partial charge is 0.126 e. The molecule has 0 radical (unpaired) electrons. The summed E-state index contributed by atoms with van der Waals surface area (Å²) in [6.07, 6.45) is 3.13. The van der Waals surface area contributed by atoms with Crippen molar-refractivity contribution in [3.63, 3.8) is 0 Å². The van der Waals surface area contributed by atoms with E-state index in [1.807, 2.05) is 0 Å². The van der Waals surface area contributed by atoms with Crippen LogP contribution in [0.3, 0.4) is 0 Å². The normalized spacial score (nSPS) is 30.6. The lowest BCUT2D eigenvalue weighted by Crippen LogP contribution is -2.49. The highest BCUT2D eigenvalue weighted by Crippen LogP contribution is 2.26. The van der Waals surface area contributed by atoms with Crippen molar-refractivity contribution in [3.8, 4) is 5.75 Å². The third-order valence-corrected chi connectivity index (χ3v) is 4.81.